The van der Waals surface area contributed by atoms with Crippen molar-refractivity contribution in [3.05, 3.63) is 34.9 Å². The first-order valence-corrected chi connectivity index (χ1v) is 5.91. The molecule has 24 heavy (non-hydrogen) atoms. The van der Waals surface area contributed by atoms with Gasteiger partial charge in [0.05, 0.1) is 11.1 Å². The van der Waals surface area contributed by atoms with Crippen molar-refractivity contribution in [2.75, 3.05) is 6.61 Å². The van der Waals surface area contributed by atoms with Crippen molar-refractivity contribution in [2.24, 2.45) is 0 Å². The Morgan fingerprint density at radius 2 is 1.46 bits per heavy atom. The molecule has 1 aliphatic rings. The van der Waals surface area contributed by atoms with Crippen LogP contribution in [0.1, 0.15) is 22.7 Å². The second-order valence-corrected chi connectivity index (χ2v) is 4.75. The number of cyclic esters (lactones) is 1. The van der Waals surface area contributed by atoms with Gasteiger partial charge in [0.2, 0.25) is 0 Å². The fourth-order valence-corrected chi connectivity index (χ4v) is 1.98. The third kappa shape index (κ3) is 4.19. The summed E-state index contributed by atoms with van der Waals surface area (Å²) in [4.78, 5) is 11.0. The molecule has 0 aliphatic carbocycles. The topological polar surface area (TPSA) is 38.3 Å². The molecule has 12 heteroatoms. The maximum atomic E-state index is 13.7. The van der Waals surface area contributed by atoms with E-state index in [-0.39, 0.29) is 30.6 Å². The Bertz CT molecular complexity index is 596. The van der Waals surface area contributed by atoms with Gasteiger partial charge in [-0.05, 0) is 23.8 Å². The van der Waals surface area contributed by atoms with Gasteiger partial charge in [-0.1, -0.05) is 0 Å². The van der Waals surface area contributed by atoms with Gasteiger partial charge in [0.1, 0.15) is 6.04 Å². The Balaban J connectivity index is 0.00000288. The summed E-state index contributed by atoms with van der Waals surface area (Å²) in [6.45, 7) is -1.46. The monoisotopic (exact) mass is 385 g/mol. The molecule has 0 spiro atoms. The summed E-state index contributed by atoms with van der Waals surface area (Å²) in [6.07, 6.45) is -11.7. The van der Waals surface area contributed by atoms with Crippen molar-refractivity contribution < 1.29 is 44.7 Å². The van der Waals surface area contributed by atoms with Crippen LogP contribution in [0.5, 0.6) is 0 Å². The largest absolute Gasteiger partial charge is 0.443 e. The van der Waals surface area contributed by atoms with Crippen molar-refractivity contribution in [3.8, 4) is 0 Å². The molecule has 2 rings (SSSR count). The van der Waals surface area contributed by atoms with Crippen molar-refractivity contribution >= 4 is 18.5 Å². The molecule has 0 bridgehead atoms. The molecule has 0 radical (unpaired) electrons. The van der Waals surface area contributed by atoms with Gasteiger partial charge in [-0.15, -0.1) is 12.4 Å². The maximum Gasteiger partial charge on any atom is 0.416 e. The number of rotatable bonds is 1. The third-order valence-electron chi connectivity index (χ3n) is 3.02. The summed E-state index contributed by atoms with van der Waals surface area (Å²) >= 11 is 0. The van der Waals surface area contributed by atoms with Crippen LogP contribution in [0.4, 0.5) is 39.9 Å². The van der Waals surface area contributed by atoms with Crippen LogP contribution >= 0.6 is 12.4 Å². The van der Waals surface area contributed by atoms with Gasteiger partial charge in [0.25, 0.3) is 0 Å². The van der Waals surface area contributed by atoms with E-state index in [1.807, 2.05) is 0 Å². The Kier molecular flexibility index (Phi) is 5.29. The average molecular weight is 386 g/mol. The van der Waals surface area contributed by atoms with Crippen molar-refractivity contribution in [3.63, 3.8) is 0 Å². The van der Waals surface area contributed by atoms with Crippen LogP contribution in [0.2, 0.25) is 0 Å². The van der Waals surface area contributed by atoms with E-state index in [1.165, 1.54) is 5.32 Å². The molecule has 1 atom stereocenters. The maximum absolute atomic E-state index is 13.7. The fourth-order valence-electron chi connectivity index (χ4n) is 1.98. The molecule has 1 N–H and O–H groups in total. The minimum atomic E-state index is -5.18. The second kappa shape index (κ2) is 6.26. The molecule has 1 aromatic rings. The van der Waals surface area contributed by atoms with Gasteiger partial charge < -0.3 is 10.1 Å². The number of hydrogen-bond donors (Lipinski definition) is 1. The Hall–Kier alpha value is -1.78. The van der Waals surface area contributed by atoms with E-state index in [0.717, 1.165) is 0 Å². The van der Waals surface area contributed by atoms with E-state index in [9.17, 15) is 39.9 Å². The lowest BCUT2D eigenvalue weighted by molar-refractivity contribution is -0.143. The summed E-state index contributed by atoms with van der Waals surface area (Å²) in [7, 11) is 0. The number of nitrogens with one attached hydrogen (secondary N) is 1. The van der Waals surface area contributed by atoms with Crippen LogP contribution in [0.15, 0.2) is 18.2 Å². The van der Waals surface area contributed by atoms with Gasteiger partial charge in [-0.25, -0.2) is 13.6 Å². The predicted octanol–water partition coefficient (Wildman–Crippen LogP) is 4.56. The first-order chi connectivity index (χ1) is 10.3. The second-order valence-electron chi connectivity index (χ2n) is 4.75. The normalized spacial score (nSPS) is 20.7. The highest BCUT2D eigenvalue weighted by Crippen LogP contribution is 2.41. The zero-order valence-corrected chi connectivity index (χ0v) is 12.1. The van der Waals surface area contributed by atoms with Crippen LogP contribution in [0, 0.1) is 0 Å². The Morgan fingerprint density at radius 1 is 1.00 bits per heavy atom. The van der Waals surface area contributed by atoms with E-state index in [2.05, 4.69) is 4.74 Å². The van der Waals surface area contributed by atoms with Gasteiger partial charge in [-0.2, -0.15) is 26.3 Å². The number of benzene rings is 1. The van der Waals surface area contributed by atoms with Gasteiger partial charge in [0, 0.05) is 0 Å². The summed E-state index contributed by atoms with van der Waals surface area (Å²) < 4.78 is 108. The van der Waals surface area contributed by atoms with Crippen LogP contribution in [-0.4, -0.2) is 18.6 Å². The fraction of sp³-hybridized carbons (Fsp3) is 0.417. The molecule has 1 aliphatic heterocycles. The van der Waals surface area contributed by atoms with E-state index in [4.69, 9.17) is 0 Å². The van der Waals surface area contributed by atoms with Crippen LogP contribution in [-0.2, 0) is 17.1 Å². The SMILES string of the molecule is Cl.O=C1N[C@@H](c2cc(C(F)(F)F)cc(C(F)(F)F)c2)C(F)(F)CO1. The lowest BCUT2D eigenvalue weighted by Gasteiger charge is -2.32. The zero-order chi connectivity index (χ0) is 17.6. The number of amides is 1. The van der Waals surface area contributed by atoms with Gasteiger partial charge >= 0.3 is 24.4 Å². The lowest BCUT2D eigenvalue weighted by atomic mass is 9.95. The molecule has 3 nitrogen and oxygen atoms in total. The molecule has 1 heterocycles. The highest BCUT2D eigenvalue weighted by Gasteiger charge is 2.48. The van der Waals surface area contributed by atoms with Crippen LogP contribution < -0.4 is 5.32 Å². The summed E-state index contributed by atoms with van der Waals surface area (Å²) in [5.74, 6) is -3.87. The number of carbonyl (C=O) groups excluding carboxylic acids is 1. The molecule has 0 unspecified atom stereocenters. The highest BCUT2D eigenvalue weighted by molar-refractivity contribution is 5.85. The van der Waals surface area contributed by atoms with Gasteiger partial charge in [-0.3, -0.25) is 0 Å². The van der Waals surface area contributed by atoms with Gasteiger partial charge in [0.15, 0.2) is 6.61 Å². The molecular weight excluding hydrogens is 378 g/mol. The van der Waals surface area contributed by atoms with Crippen molar-refractivity contribution in [1.82, 2.24) is 5.32 Å². The molecule has 0 saturated carbocycles. The number of ether oxygens (including phenoxy) is 1. The Labute approximate surface area is 135 Å². The summed E-state index contributed by atoms with van der Waals surface area (Å²) in [5, 5.41) is 1.53. The standard InChI is InChI=1S/C12H7F8NO2.ClH/c13-10(14)4-23-9(22)21-8(10)5-1-6(11(15,16)17)3-7(2-5)12(18,19)20;/h1-3,8H,4H2,(H,21,22);1H/t8-;/m0./s1. The van der Waals surface area contributed by atoms with E-state index in [1.54, 1.807) is 0 Å². The first kappa shape index (κ1) is 20.3. The molecular formula is C12H8ClF8NO2. The molecule has 1 fully saturated rings. The van der Waals surface area contributed by atoms with E-state index >= 15 is 0 Å². The van der Waals surface area contributed by atoms with E-state index in [0.29, 0.717) is 0 Å². The number of carbonyl (C=O) groups is 1. The Morgan fingerprint density at radius 3 is 1.88 bits per heavy atom. The van der Waals surface area contributed by atoms with Crippen LogP contribution in [0.25, 0.3) is 0 Å². The highest BCUT2D eigenvalue weighted by atomic mass is 35.5. The molecule has 136 valence electrons. The zero-order valence-electron chi connectivity index (χ0n) is 11.3. The summed E-state index contributed by atoms with van der Waals surface area (Å²) in [5.41, 5.74) is -4.52. The molecule has 1 amide bonds. The number of hydrogen-bond acceptors (Lipinski definition) is 2. The molecule has 0 aromatic heterocycles. The third-order valence-corrected chi connectivity index (χ3v) is 3.02. The smallest absolute Gasteiger partial charge is 0.416 e. The predicted molar refractivity (Wildman–Crippen MR) is 65.9 cm³/mol. The number of halogens is 9. The van der Waals surface area contributed by atoms with Crippen LogP contribution in [0.3, 0.4) is 0 Å². The molecule has 1 aromatic carbocycles. The van der Waals surface area contributed by atoms with Crippen molar-refractivity contribution in [1.29, 1.82) is 0 Å². The first-order valence-electron chi connectivity index (χ1n) is 5.91. The minimum Gasteiger partial charge on any atom is -0.443 e. The number of alkyl carbamates (subject to hydrolysis) is 1. The van der Waals surface area contributed by atoms with Crippen molar-refractivity contribution in [2.45, 2.75) is 24.3 Å². The average Bonchev–Trinajstić information content (AvgIpc) is 2.39. The quantitative estimate of drug-likeness (QED) is 0.720. The summed E-state index contributed by atoms with van der Waals surface area (Å²) in [6, 6.07) is -2.28. The lowest BCUT2D eigenvalue weighted by Crippen LogP contribution is -2.49. The number of alkyl halides is 8. The minimum absolute atomic E-state index is 0. The molecule has 1 saturated heterocycles. The van der Waals surface area contributed by atoms with E-state index < -0.39 is 53.7 Å².